The molecule has 0 aliphatic heterocycles. The van der Waals surface area contributed by atoms with Gasteiger partial charge in [-0.05, 0) is 30.3 Å². The molecule has 0 aliphatic carbocycles. The molecule has 25 heavy (non-hydrogen) atoms. The van der Waals surface area contributed by atoms with E-state index in [0.29, 0.717) is 41.7 Å². The molecule has 1 N–H and O–H groups in total. The van der Waals surface area contributed by atoms with E-state index in [1.165, 1.54) is 0 Å². The second-order valence-electron chi connectivity index (χ2n) is 5.01. The maximum atomic E-state index is 12.7. The molecule has 6 nitrogen and oxygen atoms in total. The molecule has 2 aromatic rings. The van der Waals surface area contributed by atoms with Crippen LogP contribution in [0.3, 0.4) is 0 Å². The van der Waals surface area contributed by atoms with Gasteiger partial charge in [-0.2, -0.15) is 0 Å². The number of rotatable bonds is 8. The predicted octanol–water partition coefficient (Wildman–Crippen LogP) is 3.74. The van der Waals surface area contributed by atoms with Crippen LogP contribution in [0.1, 0.15) is 10.4 Å². The second-order valence-corrected chi connectivity index (χ2v) is 5.92. The van der Waals surface area contributed by atoms with E-state index < -0.39 is 0 Å². The number of amides is 1. The summed E-state index contributed by atoms with van der Waals surface area (Å²) < 4.78 is 21.8. The summed E-state index contributed by atoms with van der Waals surface area (Å²) in [6.07, 6.45) is 0. The van der Waals surface area contributed by atoms with E-state index in [9.17, 15) is 4.79 Å². The maximum Gasteiger partial charge on any atom is 0.259 e. The zero-order valence-corrected chi connectivity index (χ0v) is 15.9. The Labute approximate surface area is 155 Å². The van der Waals surface area contributed by atoms with Gasteiger partial charge < -0.3 is 24.3 Å². The Hall–Kier alpha value is -2.25. The monoisotopic (exact) mass is 409 g/mol. The molecule has 7 heteroatoms. The molecule has 2 aromatic carbocycles. The fourth-order valence-electron chi connectivity index (χ4n) is 2.15. The van der Waals surface area contributed by atoms with Crippen molar-refractivity contribution in [2.24, 2.45) is 0 Å². The van der Waals surface area contributed by atoms with Gasteiger partial charge in [-0.15, -0.1) is 0 Å². The van der Waals surface area contributed by atoms with Crippen LogP contribution in [-0.4, -0.2) is 40.5 Å². The molecule has 0 bridgehead atoms. The van der Waals surface area contributed by atoms with Gasteiger partial charge in [0, 0.05) is 23.3 Å². The summed E-state index contributed by atoms with van der Waals surface area (Å²) in [6, 6.07) is 10.4. The van der Waals surface area contributed by atoms with Gasteiger partial charge in [-0.3, -0.25) is 4.79 Å². The highest BCUT2D eigenvalue weighted by Crippen LogP contribution is 2.30. The van der Waals surface area contributed by atoms with Gasteiger partial charge in [0.2, 0.25) is 0 Å². The van der Waals surface area contributed by atoms with Crippen molar-refractivity contribution in [1.82, 2.24) is 0 Å². The molecule has 0 spiro atoms. The van der Waals surface area contributed by atoms with Crippen molar-refractivity contribution in [1.29, 1.82) is 0 Å². The van der Waals surface area contributed by atoms with E-state index in [1.807, 2.05) is 6.07 Å². The highest BCUT2D eigenvalue weighted by molar-refractivity contribution is 9.10. The van der Waals surface area contributed by atoms with Gasteiger partial charge in [-0.1, -0.05) is 15.9 Å². The standard InChI is InChI=1S/C18H20BrNO5/c1-22-8-9-25-15-6-4-12(19)10-14(15)18(21)20-13-5-7-16(23-2)17(11-13)24-3/h4-7,10-11H,8-9H2,1-3H3,(H,20,21). The van der Waals surface area contributed by atoms with Crippen LogP contribution in [0.15, 0.2) is 40.9 Å². The fraction of sp³-hybridized carbons (Fsp3) is 0.278. The first kappa shape index (κ1) is 19.1. The average Bonchev–Trinajstić information content (AvgIpc) is 2.62. The van der Waals surface area contributed by atoms with Crippen molar-refractivity contribution >= 4 is 27.5 Å². The highest BCUT2D eigenvalue weighted by atomic mass is 79.9. The molecular formula is C18H20BrNO5. The summed E-state index contributed by atoms with van der Waals surface area (Å²) in [5, 5.41) is 2.84. The van der Waals surface area contributed by atoms with Gasteiger partial charge in [-0.25, -0.2) is 0 Å². The van der Waals surface area contributed by atoms with Crippen LogP contribution in [0, 0.1) is 0 Å². The summed E-state index contributed by atoms with van der Waals surface area (Å²) in [4.78, 5) is 12.7. The normalized spacial score (nSPS) is 10.2. The van der Waals surface area contributed by atoms with E-state index >= 15 is 0 Å². The number of carbonyl (C=O) groups is 1. The first-order valence-corrected chi connectivity index (χ1v) is 8.33. The van der Waals surface area contributed by atoms with Crippen molar-refractivity contribution in [2.45, 2.75) is 0 Å². The molecule has 0 aromatic heterocycles. The lowest BCUT2D eigenvalue weighted by Gasteiger charge is -2.13. The molecule has 134 valence electrons. The van der Waals surface area contributed by atoms with Crippen LogP contribution in [0.25, 0.3) is 0 Å². The fourth-order valence-corrected chi connectivity index (χ4v) is 2.51. The van der Waals surface area contributed by atoms with Crippen LogP contribution >= 0.6 is 15.9 Å². The largest absolute Gasteiger partial charge is 0.493 e. The van der Waals surface area contributed by atoms with Crippen LogP contribution < -0.4 is 19.5 Å². The van der Waals surface area contributed by atoms with Crippen molar-refractivity contribution in [3.05, 3.63) is 46.4 Å². The Balaban J connectivity index is 2.21. The van der Waals surface area contributed by atoms with Crippen molar-refractivity contribution in [3.63, 3.8) is 0 Å². The van der Waals surface area contributed by atoms with E-state index in [4.69, 9.17) is 18.9 Å². The molecule has 0 aliphatic rings. The number of methoxy groups -OCH3 is 3. The third kappa shape index (κ3) is 5.11. The quantitative estimate of drug-likeness (QED) is 0.672. The van der Waals surface area contributed by atoms with Gasteiger partial charge in [0.25, 0.3) is 5.91 Å². The van der Waals surface area contributed by atoms with Crippen LogP contribution in [0.4, 0.5) is 5.69 Å². The molecule has 0 heterocycles. The lowest BCUT2D eigenvalue weighted by molar-refractivity contribution is 0.101. The minimum Gasteiger partial charge on any atom is -0.493 e. The third-order valence-corrected chi connectivity index (χ3v) is 3.87. The number of carbonyl (C=O) groups excluding carboxylic acids is 1. The summed E-state index contributed by atoms with van der Waals surface area (Å²) in [5.74, 6) is 1.32. The summed E-state index contributed by atoms with van der Waals surface area (Å²) in [5.41, 5.74) is 1.01. The summed E-state index contributed by atoms with van der Waals surface area (Å²) >= 11 is 3.38. The number of anilines is 1. The minimum absolute atomic E-state index is 0.291. The van der Waals surface area contributed by atoms with Crippen LogP contribution in [-0.2, 0) is 4.74 Å². The number of benzene rings is 2. The number of nitrogens with one attached hydrogen (secondary N) is 1. The molecule has 0 saturated heterocycles. The van der Waals surface area contributed by atoms with Gasteiger partial charge in [0.05, 0.1) is 26.4 Å². The molecule has 1 amide bonds. The highest BCUT2D eigenvalue weighted by Gasteiger charge is 2.15. The van der Waals surface area contributed by atoms with Crippen LogP contribution in [0.2, 0.25) is 0 Å². The topological polar surface area (TPSA) is 66.0 Å². The lowest BCUT2D eigenvalue weighted by atomic mass is 10.1. The summed E-state index contributed by atoms with van der Waals surface area (Å²) in [7, 11) is 4.69. The molecule has 0 saturated carbocycles. The molecule has 2 rings (SSSR count). The SMILES string of the molecule is COCCOc1ccc(Br)cc1C(=O)Nc1ccc(OC)c(OC)c1. The Morgan fingerprint density at radius 1 is 0.960 bits per heavy atom. The zero-order chi connectivity index (χ0) is 18.2. The third-order valence-electron chi connectivity index (χ3n) is 3.37. The lowest BCUT2D eigenvalue weighted by Crippen LogP contribution is -2.15. The Morgan fingerprint density at radius 2 is 1.68 bits per heavy atom. The average molecular weight is 410 g/mol. The predicted molar refractivity (Wildman–Crippen MR) is 99.0 cm³/mol. The second kappa shape index (κ2) is 9.29. The Kier molecular flexibility index (Phi) is 7.09. The molecule has 0 radical (unpaired) electrons. The summed E-state index contributed by atoms with van der Waals surface area (Å²) in [6.45, 7) is 0.793. The maximum absolute atomic E-state index is 12.7. The first-order chi connectivity index (χ1) is 12.1. The van der Waals surface area contributed by atoms with Crippen molar-refractivity contribution in [3.8, 4) is 17.2 Å². The van der Waals surface area contributed by atoms with E-state index in [2.05, 4.69) is 21.2 Å². The Morgan fingerprint density at radius 3 is 2.36 bits per heavy atom. The smallest absolute Gasteiger partial charge is 0.259 e. The van der Waals surface area contributed by atoms with E-state index in [1.54, 1.807) is 51.7 Å². The van der Waals surface area contributed by atoms with Crippen molar-refractivity contribution < 1.29 is 23.7 Å². The number of ether oxygens (including phenoxy) is 4. The number of halogens is 1. The van der Waals surface area contributed by atoms with Gasteiger partial charge >= 0.3 is 0 Å². The van der Waals surface area contributed by atoms with Crippen LogP contribution in [0.5, 0.6) is 17.2 Å². The minimum atomic E-state index is -0.291. The van der Waals surface area contributed by atoms with E-state index in [0.717, 1.165) is 4.47 Å². The first-order valence-electron chi connectivity index (χ1n) is 7.53. The molecule has 0 unspecified atom stereocenters. The number of hydrogen-bond acceptors (Lipinski definition) is 5. The van der Waals surface area contributed by atoms with E-state index in [-0.39, 0.29) is 5.91 Å². The number of hydrogen-bond donors (Lipinski definition) is 1. The molecule has 0 fully saturated rings. The molecular weight excluding hydrogens is 390 g/mol. The van der Waals surface area contributed by atoms with Gasteiger partial charge in [0.15, 0.2) is 11.5 Å². The zero-order valence-electron chi connectivity index (χ0n) is 14.3. The molecule has 0 atom stereocenters. The Bertz CT molecular complexity index is 735. The van der Waals surface area contributed by atoms with Crippen molar-refractivity contribution in [2.75, 3.05) is 39.9 Å². The van der Waals surface area contributed by atoms with Gasteiger partial charge in [0.1, 0.15) is 12.4 Å².